The van der Waals surface area contributed by atoms with Crippen LogP contribution in [0.15, 0.2) is 0 Å². The minimum absolute atomic E-state index is 0.199. The Morgan fingerprint density at radius 1 is 1.43 bits per heavy atom. The highest BCUT2D eigenvalue weighted by molar-refractivity contribution is 5.76. The fourth-order valence-electron chi connectivity index (χ4n) is 2.38. The Bertz CT molecular complexity index is 213. The van der Waals surface area contributed by atoms with Gasteiger partial charge in [0.05, 0.1) is 0 Å². The third kappa shape index (κ3) is 2.07. The molecule has 2 aliphatic rings. The molecule has 4 nitrogen and oxygen atoms in total. The van der Waals surface area contributed by atoms with Crippen LogP contribution in [0.4, 0.5) is 0 Å². The SMILES string of the molecule is CC1CNC(=O)CCN1C1CCNC1. The van der Waals surface area contributed by atoms with Gasteiger partial charge in [-0.1, -0.05) is 0 Å². The molecular weight excluding hydrogens is 178 g/mol. The smallest absolute Gasteiger partial charge is 0.221 e. The van der Waals surface area contributed by atoms with Crippen LogP contribution in [0.2, 0.25) is 0 Å². The molecule has 0 radical (unpaired) electrons. The Kier molecular flexibility index (Phi) is 3.03. The second-order valence-corrected chi connectivity index (χ2v) is 4.29. The summed E-state index contributed by atoms with van der Waals surface area (Å²) in [6.07, 6.45) is 1.87. The number of rotatable bonds is 1. The fraction of sp³-hybridized carbons (Fsp3) is 0.900. The summed E-state index contributed by atoms with van der Waals surface area (Å²) in [6.45, 7) is 6.12. The van der Waals surface area contributed by atoms with Crippen molar-refractivity contribution in [3.05, 3.63) is 0 Å². The Morgan fingerprint density at radius 3 is 3.00 bits per heavy atom. The molecule has 80 valence electrons. The van der Waals surface area contributed by atoms with Gasteiger partial charge in [-0.2, -0.15) is 0 Å². The van der Waals surface area contributed by atoms with Crippen LogP contribution in [-0.4, -0.2) is 49.1 Å². The van der Waals surface area contributed by atoms with Crippen molar-refractivity contribution in [1.82, 2.24) is 15.5 Å². The van der Waals surface area contributed by atoms with Gasteiger partial charge in [0.2, 0.25) is 5.91 Å². The van der Waals surface area contributed by atoms with Crippen LogP contribution in [0.25, 0.3) is 0 Å². The molecular formula is C10H19N3O. The first kappa shape index (κ1) is 9.93. The van der Waals surface area contributed by atoms with E-state index in [1.54, 1.807) is 0 Å². The third-order valence-corrected chi connectivity index (χ3v) is 3.26. The zero-order valence-electron chi connectivity index (χ0n) is 8.75. The van der Waals surface area contributed by atoms with Crippen LogP contribution in [0, 0.1) is 0 Å². The lowest BCUT2D eigenvalue weighted by atomic mass is 10.1. The first-order chi connectivity index (χ1) is 6.77. The average Bonchev–Trinajstić information content (AvgIpc) is 2.63. The predicted molar refractivity (Wildman–Crippen MR) is 55.1 cm³/mol. The van der Waals surface area contributed by atoms with Gasteiger partial charge in [0, 0.05) is 38.1 Å². The molecule has 2 aliphatic heterocycles. The summed E-state index contributed by atoms with van der Waals surface area (Å²) in [5, 5.41) is 6.32. The summed E-state index contributed by atoms with van der Waals surface area (Å²) in [5.41, 5.74) is 0. The summed E-state index contributed by atoms with van der Waals surface area (Å²) in [5.74, 6) is 0.199. The average molecular weight is 197 g/mol. The van der Waals surface area contributed by atoms with Gasteiger partial charge in [-0.15, -0.1) is 0 Å². The van der Waals surface area contributed by atoms with E-state index >= 15 is 0 Å². The van der Waals surface area contributed by atoms with Crippen LogP contribution >= 0.6 is 0 Å². The summed E-state index contributed by atoms with van der Waals surface area (Å²) in [6, 6.07) is 1.11. The van der Waals surface area contributed by atoms with Gasteiger partial charge in [0.15, 0.2) is 0 Å². The van der Waals surface area contributed by atoms with Crippen LogP contribution in [0.3, 0.4) is 0 Å². The van der Waals surface area contributed by atoms with E-state index in [0.717, 1.165) is 26.2 Å². The van der Waals surface area contributed by atoms with Gasteiger partial charge in [-0.3, -0.25) is 9.69 Å². The van der Waals surface area contributed by atoms with Crippen LogP contribution in [-0.2, 0) is 4.79 Å². The van der Waals surface area contributed by atoms with Gasteiger partial charge in [-0.05, 0) is 19.9 Å². The van der Waals surface area contributed by atoms with Gasteiger partial charge in [0.1, 0.15) is 0 Å². The quantitative estimate of drug-likeness (QED) is 0.599. The van der Waals surface area contributed by atoms with E-state index in [1.807, 2.05) is 0 Å². The second kappa shape index (κ2) is 4.28. The van der Waals surface area contributed by atoms with Crippen molar-refractivity contribution in [2.75, 3.05) is 26.2 Å². The molecule has 1 amide bonds. The highest BCUT2D eigenvalue weighted by Gasteiger charge is 2.28. The molecule has 2 rings (SSSR count). The van der Waals surface area contributed by atoms with E-state index in [-0.39, 0.29) is 5.91 Å². The molecule has 2 fully saturated rings. The number of hydrogen-bond donors (Lipinski definition) is 2. The molecule has 0 aromatic rings. The second-order valence-electron chi connectivity index (χ2n) is 4.29. The van der Waals surface area contributed by atoms with E-state index in [2.05, 4.69) is 22.5 Å². The Labute approximate surface area is 85.0 Å². The topological polar surface area (TPSA) is 44.4 Å². The summed E-state index contributed by atoms with van der Waals surface area (Å²) in [7, 11) is 0. The van der Waals surface area contributed by atoms with Crippen molar-refractivity contribution in [2.24, 2.45) is 0 Å². The molecule has 14 heavy (non-hydrogen) atoms. The van der Waals surface area contributed by atoms with E-state index in [4.69, 9.17) is 0 Å². The summed E-state index contributed by atoms with van der Waals surface area (Å²) in [4.78, 5) is 13.7. The number of hydrogen-bond acceptors (Lipinski definition) is 3. The Balaban J connectivity index is 1.97. The predicted octanol–water partition coefficient (Wildman–Crippen LogP) is -0.441. The van der Waals surface area contributed by atoms with E-state index in [9.17, 15) is 4.79 Å². The number of nitrogens with zero attached hydrogens (tertiary/aromatic N) is 1. The Hall–Kier alpha value is -0.610. The zero-order chi connectivity index (χ0) is 9.97. The van der Waals surface area contributed by atoms with E-state index in [0.29, 0.717) is 18.5 Å². The first-order valence-corrected chi connectivity index (χ1v) is 5.50. The lowest BCUT2D eigenvalue weighted by molar-refractivity contribution is -0.120. The molecule has 2 N–H and O–H groups in total. The monoisotopic (exact) mass is 197 g/mol. The third-order valence-electron chi connectivity index (χ3n) is 3.26. The molecule has 0 aromatic heterocycles. The van der Waals surface area contributed by atoms with E-state index < -0.39 is 0 Å². The maximum Gasteiger partial charge on any atom is 0.221 e. The van der Waals surface area contributed by atoms with Crippen molar-refractivity contribution in [2.45, 2.75) is 31.8 Å². The number of carbonyl (C=O) groups is 1. The minimum atomic E-state index is 0.199. The number of nitrogens with one attached hydrogen (secondary N) is 2. The highest BCUT2D eigenvalue weighted by Crippen LogP contribution is 2.14. The minimum Gasteiger partial charge on any atom is -0.355 e. The molecule has 2 saturated heterocycles. The number of amides is 1. The molecule has 0 spiro atoms. The van der Waals surface area contributed by atoms with Gasteiger partial charge in [-0.25, -0.2) is 0 Å². The normalized spacial score (nSPS) is 35.4. The molecule has 2 heterocycles. The van der Waals surface area contributed by atoms with Gasteiger partial charge in [0.25, 0.3) is 0 Å². The molecule has 0 bridgehead atoms. The molecule has 0 saturated carbocycles. The van der Waals surface area contributed by atoms with Crippen LogP contribution in [0.1, 0.15) is 19.8 Å². The maximum absolute atomic E-state index is 11.2. The fourth-order valence-corrected chi connectivity index (χ4v) is 2.38. The molecule has 2 unspecified atom stereocenters. The van der Waals surface area contributed by atoms with E-state index in [1.165, 1.54) is 6.42 Å². The zero-order valence-corrected chi connectivity index (χ0v) is 8.75. The molecule has 0 aromatic carbocycles. The summed E-state index contributed by atoms with van der Waals surface area (Å²) >= 11 is 0. The maximum atomic E-state index is 11.2. The molecule has 4 heteroatoms. The standard InChI is InChI=1S/C10H19N3O/c1-8-6-12-10(14)3-5-13(8)9-2-4-11-7-9/h8-9,11H,2-7H2,1H3,(H,12,14). The van der Waals surface area contributed by atoms with Crippen molar-refractivity contribution in [3.63, 3.8) is 0 Å². The lowest BCUT2D eigenvalue weighted by Crippen LogP contribution is -2.45. The lowest BCUT2D eigenvalue weighted by Gasteiger charge is -2.31. The van der Waals surface area contributed by atoms with Crippen LogP contribution < -0.4 is 10.6 Å². The highest BCUT2D eigenvalue weighted by atomic mass is 16.1. The largest absolute Gasteiger partial charge is 0.355 e. The first-order valence-electron chi connectivity index (χ1n) is 5.50. The van der Waals surface area contributed by atoms with Crippen molar-refractivity contribution < 1.29 is 4.79 Å². The van der Waals surface area contributed by atoms with Crippen molar-refractivity contribution in [3.8, 4) is 0 Å². The van der Waals surface area contributed by atoms with Gasteiger partial charge >= 0.3 is 0 Å². The van der Waals surface area contributed by atoms with Crippen molar-refractivity contribution in [1.29, 1.82) is 0 Å². The van der Waals surface area contributed by atoms with Crippen LogP contribution in [0.5, 0.6) is 0 Å². The molecule has 0 aliphatic carbocycles. The van der Waals surface area contributed by atoms with Crippen molar-refractivity contribution >= 4 is 5.91 Å². The van der Waals surface area contributed by atoms with Gasteiger partial charge < -0.3 is 10.6 Å². The Morgan fingerprint density at radius 2 is 2.29 bits per heavy atom. The number of carbonyl (C=O) groups excluding carboxylic acids is 1. The molecule has 2 atom stereocenters. The summed E-state index contributed by atoms with van der Waals surface area (Å²) < 4.78 is 0.